The van der Waals surface area contributed by atoms with E-state index in [0.29, 0.717) is 12.2 Å². The van der Waals surface area contributed by atoms with E-state index in [9.17, 15) is 0 Å². The molecule has 0 aromatic carbocycles. The number of hydrogen-bond acceptors (Lipinski definition) is 2. The van der Waals surface area contributed by atoms with Crippen LogP contribution in [-0.4, -0.2) is 18.8 Å². The van der Waals surface area contributed by atoms with Gasteiger partial charge in [0.05, 0.1) is 6.17 Å². The molecule has 0 aromatic rings. The van der Waals surface area contributed by atoms with Crippen molar-refractivity contribution in [2.45, 2.75) is 65.6 Å². The van der Waals surface area contributed by atoms with Crippen LogP contribution in [0.25, 0.3) is 0 Å². The molecule has 5 atom stereocenters. The average molecular weight is 238 g/mol. The fourth-order valence-corrected chi connectivity index (χ4v) is 3.83. The lowest BCUT2D eigenvalue weighted by Gasteiger charge is -2.34. The first kappa shape index (κ1) is 13.4. The zero-order chi connectivity index (χ0) is 12.4. The van der Waals surface area contributed by atoms with Crippen LogP contribution in [-0.2, 0) is 0 Å². The lowest BCUT2D eigenvalue weighted by atomic mass is 9.76. The molecule has 0 spiro atoms. The lowest BCUT2D eigenvalue weighted by Crippen LogP contribution is -2.44. The molecule has 2 heteroatoms. The van der Waals surface area contributed by atoms with Crippen molar-refractivity contribution < 1.29 is 0 Å². The minimum atomic E-state index is 0.551. The maximum atomic E-state index is 3.70. The second kappa shape index (κ2) is 5.71. The van der Waals surface area contributed by atoms with Crippen LogP contribution < -0.4 is 10.6 Å². The maximum Gasteiger partial charge on any atom is 0.0603 e. The third-order valence-corrected chi connectivity index (χ3v) is 4.81. The van der Waals surface area contributed by atoms with Gasteiger partial charge in [-0.2, -0.15) is 0 Å². The number of rotatable bonds is 6. The molecule has 0 bridgehead atoms. The fraction of sp³-hybridized carbons (Fsp3) is 1.00. The first-order chi connectivity index (χ1) is 8.13. The van der Waals surface area contributed by atoms with Crippen LogP contribution in [0, 0.1) is 23.7 Å². The first-order valence-electron chi connectivity index (χ1n) is 7.63. The summed E-state index contributed by atoms with van der Waals surface area (Å²) in [5.74, 6) is 3.60. The smallest absolute Gasteiger partial charge is 0.0603 e. The predicted molar refractivity (Wildman–Crippen MR) is 73.8 cm³/mol. The molecule has 2 aliphatic rings. The highest BCUT2D eigenvalue weighted by molar-refractivity contribution is 4.93. The van der Waals surface area contributed by atoms with Crippen LogP contribution >= 0.6 is 0 Å². The SMILES string of the molecule is CCCC(C)C(C1CC1)C(C)C1NCC(C)N1. The summed E-state index contributed by atoms with van der Waals surface area (Å²) in [6, 6.07) is 0.642. The standard InChI is InChI=1S/C15H30N2/c1-5-6-10(2)14(13-7-8-13)12(4)15-16-9-11(3)17-15/h10-17H,5-9H2,1-4H3. The molecule has 1 saturated carbocycles. The van der Waals surface area contributed by atoms with E-state index >= 15 is 0 Å². The largest absolute Gasteiger partial charge is 0.300 e. The van der Waals surface area contributed by atoms with Gasteiger partial charge in [-0.25, -0.2) is 0 Å². The Balaban J connectivity index is 1.95. The van der Waals surface area contributed by atoms with E-state index in [4.69, 9.17) is 0 Å². The molecule has 2 fully saturated rings. The quantitative estimate of drug-likeness (QED) is 0.743. The van der Waals surface area contributed by atoms with Crippen LogP contribution in [0.3, 0.4) is 0 Å². The Hall–Kier alpha value is -0.0800. The zero-order valence-electron chi connectivity index (χ0n) is 12.0. The monoisotopic (exact) mass is 238 g/mol. The van der Waals surface area contributed by atoms with Crippen LogP contribution in [0.4, 0.5) is 0 Å². The molecule has 5 unspecified atom stereocenters. The van der Waals surface area contributed by atoms with Gasteiger partial charge in [0.1, 0.15) is 0 Å². The molecule has 2 N–H and O–H groups in total. The highest BCUT2D eigenvalue weighted by atomic mass is 15.2. The minimum absolute atomic E-state index is 0.551. The minimum Gasteiger partial charge on any atom is -0.300 e. The number of nitrogens with one attached hydrogen (secondary N) is 2. The summed E-state index contributed by atoms with van der Waals surface area (Å²) in [5.41, 5.74) is 0. The molecule has 1 saturated heterocycles. The Morgan fingerprint density at radius 2 is 1.94 bits per heavy atom. The second-order valence-corrected chi connectivity index (χ2v) is 6.49. The van der Waals surface area contributed by atoms with Gasteiger partial charge in [-0.3, -0.25) is 5.32 Å². The Bertz CT molecular complexity index is 237. The van der Waals surface area contributed by atoms with Crippen molar-refractivity contribution in [2.75, 3.05) is 6.54 Å². The molecule has 2 nitrogen and oxygen atoms in total. The van der Waals surface area contributed by atoms with Crippen LogP contribution in [0.1, 0.15) is 53.4 Å². The number of hydrogen-bond donors (Lipinski definition) is 2. The molecule has 17 heavy (non-hydrogen) atoms. The molecule has 0 amide bonds. The summed E-state index contributed by atoms with van der Waals surface area (Å²) in [7, 11) is 0. The van der Waals surface area contributed by atoms with Crippen molar-refractivity contribution in [2.24, 2.45) is 23.7 Å². The summed E-state index contributed by atoms with van der Waals surface area (Å²) >= 11 is 0. The van der Waals surface area contributed by atoms with Crippen LogP contribution in [0.15, 0.2) is 0 Å². The van der Waals surface area contributed by atoms with Crippen molar-refractivity contribution in [3.05, 3.63) is 0 Å². The summed E-state index contributed by atoms with van der Waals surface area (Å²) in [6.07, 6.45) is 6.23. The van der Waals surface area contributed by atoms with Gasteiger partial charge in [-0.15, -0.1) is 0 Å². The molecule has 0 aromatic heterocycles. The van der Waals surface area contributed by atoms with E-state index in [1.54, 1.807) is 0 Å². The summed E-state index contributed by atoms with van der Waals surface area (Å²) in [4.78, 5) is 0. The van der Waals surface area contributed by atoms with Crippen molar-refractivity contribution in [1.82, 2.24) is 10.6 Å². The molecule has 100 valence electrons. The van der Waals surface area contributed by atoms with Crippen LogP contribution in [0.2, 0.25) is 0 Å². The highest BCUT2D eigenvalue weighted by Crippen LogP contribution is 2.46. The van der Waals surface area contributed by atoms with E-state index in [0.717, 1.165) is 30.2 Å². The van der Waals surface area contributed by atoms with Crippen LogP contribution in [0.5, 0.6) is 0 Å². The van der Waals surface area contributed by atoms with E-state index < -0.39 is 0 Å². The highest BCUT2D eigenvalue weighted by Gasteiger charge is 2.41. The molecule has 1 aliphatic heterocycles. The maximum absolute atomic E-state index is 3.70. The fourth-order valence-electron chi connectivity index (χ4n) is 3.83. The van der Waals surface area contributed by atoms with Gasteiger partial charge in [0.15, 0.2) is 0 Å². The average Bonchev–Trinajstić information content (AvgIpc) is 3.00. The van der Waals surface area contributed by atoms with Crippen molar-refractivity contribution in [3.8, 4) is 0 Å². The molecular weight excluding hydrogens is 208 g/mol. The molecule has 0 radical (unpaired) electrons. The molecular formula is C15H30N2. The van der Waals surface area contributed by atoms with Gasteiger partial charge in [0.2, 0.25) is 0 Å². The van der Waals surface area contributed by atoms with Gasteiger partial charge >= 0.3 is 0 Å². The van der Waals surface area contributed by atoms with Gasteiger partial charge in [0.25, 0.3) is 0 Å². The van der Waals surface area contributed by atoms with E-state index in [1.807, 2.05) is 0 Å². The van der Waals surface area contributed by atoms with Gasteiger partial charge in [0, 0.05) is 12.6 Å². The molecule has 1 aliphatic carbocycles. The second-order valence-electron chi connectivity index (χ2n) is 6.49. The molecule has 1 heterocycles. The predicted octanol–water partition coefficient (Wildman–Crippen LogP) is 2.99. The normalized spacial score (nSPS) is 34.6. The Morgan fingerprint density at radius 3 is 2.41 bits per heavy atom. The zero-order valence-corrected chi connectivity index (χ0v) is 12.0. The third kappa shape index (κ3) is 3.23. The van der Waals surface area contributed by atoms with E-state index in [-0.39, 0.29) is 0 Å². The van der Waals surface area contributed by atoms with E-state index in [2.05, 4.69) is 38.3 Å². The van der Waals surface area contributed by atoms with Gasteiger partial charge in [-0.05, 0) is 43.4 Å². The van der Waals surface area contributed by atoms with Gasteiger partial charge < -0.3 is 5.32 Å². The Kier molecular flexibility index (Phi) is 4.48. The Labute approximate surface area is 107 Å². The van der Waals surface area contributed by atoms with Crippen molar-refractivity contribution in [1.29, 1.82) is 0 Å². The summed E-state index contributed by atoms with van der Waals surface area (Å²) in [5, 5.41) is 7.36. The van der Waals surface area contributed by atoms with E-state index in [1.165, 1.54) is 25.7 Å². The first-order valence-corrected chi connectivity index (χ1v) is 7.63. The van der Waals surface area contributed by atoms with Gasteiger partial charge in [-0.1, -0.05) is 33.6 Å². The topological polar surface area (TPSA) is 24.1 Å². The summed E-state index contributed by atoms with van der Waals surface area (Å²) in [6.45, 7) is 10.7. The Morgan fingerprint density at radius 1 is 1.24 bits per heavy atom. The van der Waals surface area contributed by atoms with Crippen molar-refractivity contribution in [3.63, 3.8) is 0 Å². The summed E-state index contributed by atoms with van der Waals surface area (Å²) < 4.78 is 0. The molecule has 2 rings (SSSR count). The third-order valence-electron chi connectivity index (χ3n) is 4.81. The lowest BCUT2D eigenvalue weighted by molar-refractivity contribution is 0.167. The van der Waals surface area contributed by atoms with Crippen molar-refractivity contribution >= 4 is 0 Å².